The number of hydrogen-bond acceptors (Lipinski definition) is 2. The van der Waals surface area contributed by atoms with E-state index in [1.54, 1.807) is 0 Å². The highest BCUT2D eigenvalue weighted by Crippen LogP contribution is 2.39. The van der Waals surface area contributed by atoms with Crippen molar-refractivity contribution >= 4 is 11.9 Å². The molecule has 1 heterocycles. The Balaban J connectivity index is 2.24. The van der Waals surface area contributed by atoms with Gasteiger partial charge in [0.1, 0.15) is 5.54 Å². The average molecular weight is 222 g/mol. The van der Waals surface area contributed by atoms with Crippen LogP contribution >= 0.6 is 0 Å². The molecule has 1 aliphatic carbocycles. The van der Waals surface area contributed by atoms with E-state index in [1.165, 1.54) is 0 Å². The van der Waals surface area contributed by atoms with E-state index in [9.17, 15) is 9.59 Å². The van der Waals surface area contributed by atoms with E-state index in [2.05, 4.69) is 17.2 Å². The summed E-state index contributed by atoms with van der Waals surface area (Å²) in [5.41, 5.74) is 0.411. The molecule has 0 aromatic heterocycles. The molecule has 4 heteroatoms. The monoisotopic (exact) mass is 222 g/mol. The van der Waals surface area contributed by atoms with Crippen molar-refractivity contribution in [3.8, 4) is 0 Å². The first kappa shape index (κ1) is 11.2. The number of urea groups is 1. The SMILES string of the molecule is C=C(C)C[C@H]1CCCC[C@@]12NC(=O)NC2=O. The van der Waals surface area contributed by atoms with E-state index in [0.717, 1.165) is 37.7 Å². The summed E-state index contributed by atoms with van der Waals surface area (Å²) in [5, 5.41) is 5.20. The zero-order valence-electron chi connectivity index (χ0n) is 9.64. The first-order valence-electron chi connectivity index (χ1n) is 5.82. The summed E-state index contributed by atoms with van der Waals surface area (Å²) in [5.74, 6) is 0.0497. The van der Waals surface area contributed by atoms with Gasteiger partial charge in [-0.1, -0.05) is 18.4 Å². The number of imide groups is 1. The van der Waals surface area contributed by atoms with Crippen LogP contribution in [-0.4, -0.2) is 17.5 Å². The Hall–Kier alpha value is -1.32. The molecule has 88 valence electrons. The van der Waals surface area contributed by atoms with Gasteiger partial charge >= 0.3 is 6.03 Å². The molecule has 1 aliphatic heterocycles. The van der Waals surface area contributed by atoms with Crippen molar-refractivity contribution < 1.29 is 9.59 Å². The van der Waals surface area contributed by atoms with Gasteiger partial charge in [-0.15, -0.1) is 6.58 Å². The lowest BCUT2D eigenvalue weighted by Crippen LogP contribution is -2.54. The third kappa shape index (κ3) is 1.72. The normalized spacial score (nSPS) is 33.7. The molecular weight excluding hydrogens is 204 g/mol. The molecule has 0 unspecified atom stereocenters. The van der Waals surface area contributed by atoms with Crippen LogP contribution in [0.3, 0.4) is 0 Å². The number of hydrogen-bond donors (Lipinski definition) is 2. The van der Waals surface area contributed by atoms with Crippen LogP contribution in [0.5, 0.6) is 0 Å². The molecule has 1 spiro atoms. The van der Waals surface area contributed by atoms with Crippen molar-refractivity contribution in [1.82, 2.24) is 10.6 Å². The van der Waals surface area contributed by atoms with Crippen molar-refractivity contribution in [3.05, 3.63) is 12.2 Å². The number of rotatable bonds is 2. The Morgan fingerprint density at radius 1 is 1.50 bits per heavy atom. The summed E-state index contributed by atoms with van der Waals surface area (Å²) < 4.78 is 0. The van der Waals surface area contributed by atoms with Crippen LogP contribution in [0.2, 0.25) is 0 Å². The van der Waals surface area contributed by atoms with Crippen LogP contribution in [-0.2, 0) is 4.79 Å². The summed E-state index contributed by atoms with van der Waals surface area (Å²) >= 11 is 0. The molecule has 3 amide bonds. The van der Waals surface area contributed by atoms with E-state index in [1.807, 2.05) is 6.92 Å². The molecule has 1 saturated heterocycles. The molecule has 0 aromatic carbocycles. The number of nitrogens with one attached hydrogen (secondary N) is 2. The topological polar surface area (TPSA) is 58.2 Å². The highest BCUT2D eigenvalue weighted by atomic mass is 16.2. The first-order chi connectivity index (χ1) is 7.54. The maximum Gasteiger partial charge on any atom is 0.322 e. The highest BCUT2D eigenvalue weighted by Gasteiger charge is 2.52. The lowest BCUT2D eigenvalue weighted by molar-refractivity contribution is -0.127. The van der Waals surface area contributed by atoms with Crippen LogP contribution in [0, 0.1) is 5.92 Å². The quantitative estimate of drug-likeness (QED) is 0.552. The van der Waals surface area contributed by atoms with E-state index < -0.39 is 5.54 Å². The third-order valence-electron chi connectivity index (χ3n) is 3.63. The zero-order chi connectivity index (χ0) is 11.8. The fourth-order valence-corrected chi connectivity index (χ4v) is 2.91. The summed E-state index contributed by atoms with van der Waals surface area (Å²) in [7, 11) is 0. The lowest BCUT2D eigenvalue weighted by atomic mass is 9.70. The highest BCUT2D eigenvalue weighted by molar-refractivity contribution is 6.07. The fraction of sp³-hybridized carbons (Fsp3) is 0.667. The number of amides is 3. The molecule has 2 rings (SSSR count). The van der Waals surface area contributed by atoms with Gasteiger partial charge in [-0.25, -0.2) is 4.79 Å². The molecule has 0 aromatic rings. The van der Waals surface area contributed by atoms with Crippen molar-refractivity contribution in [3.63, 3.8) is 0 Å². The molecule has 4 nitrogen and oxygen atoms in total. The Bertz CT molecular complexity index is 351. The summed E-state index contributed by atoms with van der Waals surface area (Å²) in [6.45, 7) is 5.87. The molecule has 2 atom stereocenters. The zero-order valence-corrected chi connectivity index (χ0v) is 9.64. The molecule has 1 saturated carbocycles. The van der Waals surface area contributed by atoms with E-state index in [0.29, 0.717) is 0 Å². The van der Waals surface area contributed by atoms with Crippen molar-refractivity contribution in [2.75, 3.05) is 0 Å². The van der Waals surface area contributed by atoms with Crippen molar-refractivity contribution in [1.29, 1.82) is 0 Å². The van der Waals surface area contributed by atoms with Crippen LogP contribution in [0.15, 0.2) is 12.2 Å². The third-order valence-corrected chi connectivity index (χ3v) is 3.63. The maximum absolute atomic E-state index is 11.9. The number of carbonyl (C=O) groups is 2. The molecule has 16 heavy (non-hydrogen) atoms. The van der Waals surface area contributed by atoms with Crippen LogP contribution in [0.4, 0.5) is 4.79 Å². The molecule has 2 fully saturated rings. The largest absolute Gasteiger partial charge is 0.323 e. The smallest absolute Gasteiger partial charge is 0.322 e. The molecular formula is C12H18N2O2. The summed E-state index contributed by atoms with van der Waals surface area (Å²) in [6, 6.07) is -0.349. The first-order valence-corrected chi connectivity index (χ1v) is 5.82. The van der Waals surface area contributed by atoms with Gasteiger partial charge in [0.25, 0.3) is 5.91 Å². The Morgan fingerprint density at radius 3 is 2.81 bits per heavy atom. The van der Waals surface area contributed by atoms with Crippen LogP contribution in [0.25, 0.3) is 0 Å². The van der Waals surface area contributed by atoms with Crippen LogP contribution in [0.1, 0.15) is 39.0 Å². The fourth-order valence-electron chi connectivity index (χ4n) is 2.91. The van der Waals surface area contributed by atoms with Gasteiger partial charge in [-0.3, -0.25) is 10.1 Å². The molecule has 2 aliphatic rings. The predicted molar refractivity (Wildman–Crippen MR) is 60.8 cm³/mol. The van der Waals surface area contributed by atoms with E-state index >= 15 is 0 Å². The lowest BCUT2D eigenvalue weighted by Gasteiger charge is -2.38. The van der Waals surface area contributed by atoms with Crippen LogP contribution < -0.4 is 10.6 Å². The average Bonchev–Trinajstić information content (AvgIpc) is 2.46. The Labute approximate surface area is 95.5 Å². The van der Waals surface area contributed by atoms with Gasteiger partial charge in [0, 0.05) is 0 Å². The second-order valence-corrected chi connectivity index (χ2v) is 4.98. The van der Waals surface area contributed by atoms with Gasteiger partial charge < -0.3 is 5.32 Å². The Kier molecular flexibility index (Phi) is 2.74. The minimum Gasteiger partial charge on any atom is -0.323 e. The Morgan fingerprint density at radius 2 is 2.25 bits per heavy atom. The minimum absolute atomic E-state index is 0.150. The van der Waals surface area contributed by atoms with Crippen molar-refractivity contribution in [2.24, 2.45) is 5.92 Å². The van der Waals surface area contributed by atoms with Gasteiger partial charge in [0.15, 0.2) is 0 Å². The van der Waals surface area contributed by atoms with Crippen molar-refractivity contribution in [2.45, 2.75) is 44.6 Å². The summed E-state index contributed by atoms with van der Waals surface area (Å²) in [4.78, 5) is 23.2. The van der Waals surface area contributed by atoms with Gasteiger partial charge in [-0.05, 0) is 32.1 Å². The minimum atomic E-state index is -0.658. The molecule has 0 bridgehead atoms. The van der Waals surface area contributed by atoms with Gasteiger partial charge in [0.05, 0.1) is 0 Å². The van der Waals surface area contributed by atoms with Gasteiger partial charge in [0.2, 0.25) is 0 Å². The van der Waals surface area contributed by atoms with E-state index in [-0.39, 0.29) is 17.9 Å². The maximum atomic E-state index is 11.9. The summed E-state index contributed by atoms with van der Waals surface area (Å²) in [6.07, 6.45) is 4.68. The second-order valence-electron chi connectivity index (χ2n) is 4.98. The molecule has 0 radical (unpaired) electrons. The number of allylic oxidation sites excluding steroid dienone is 1. The van der Waals surface area contributed by atoms with E-state index in [4.69, 9.17) is 0 Å². The second kappa shape index (κ2) is 3.92. The predicted octanol–water partition coefficient (Wildman–Crippen LogP) is 1.72. The standard InChI is InChI=1S/C12H18N2O2/c1-8(2)7-9-5-3-4-6-12(9)10(15)13-11(16)14-12/h9H,1,3-7H2,2H3,(H2,13,14,15,16)/t9-,12-/m1/s1. The number of carbonyl (C=O) groups excluding carboxylic acids is 2. The molecule has 2 N–H and O–H groups in total. The van der Waals surface area contributed by atoms with Gasteiger partial charge in [-0.2, -0.15) is 0 Å².